The fourth-order valence-corrected chi connectivity index (χ4v) is 2.55. The van der Waals surface area contributed by atoms with Crippen LogP contribution in [0.4, 0.5) is 0 Å². The van der Waals surface area contributed by atoms with Gasteiger partial charge in [-0.25, -0.2) is 0 Å². The van der Waals surface area contributed by atoms with Crippen LogP contribution in [0.15, 0.2) is 48.5 Å². The molecule has 104 valence electrons. The zero-order chi connectivity index (χ0) is 13.8. The molecule has 0 aromatic heterocycles. The Bertz CT molecular complexity index is 568. The first-order valence-corrected chi connectivity index (χ1v) is 7.02. The fraction of sp³-hybridized carbons (Fsp3) is 0.294. The Morgan fingerprint density at radius 3 is 2.50 bits per heavy atom. The van der Waals surface area contributed by atoms with Crippen molar-refractivity contribution < 1.29 is 9.47 Å². The van der Waals surface area contributed by atoms with Gasteiger partial charge < -0.3 is 15.2 Å². The maximum Gasteiger partial charge on any atom is 0.122 e. The molecule has 1 unspecified atom stereocenters. The van der Waals surface area contributed by atoms with Crippen LogP contribution in [0.1, 0.15) is 23.6 Å². The van der Waals surface area contributed by atoms with Gasteiger partial charge in [0.2, 0.25) is 0 Å². The van der Waals surface area contributed by atoms with Gasteiger partial charge >= 0.3 is 0 Å². The van der Waals surface area contributed by atoms with Crippen molar-refractivity contribution in [3.8, 4) is 11.5 Å². The molecule has 0 heterocycles. The van der Waals surface area contributed by atoms with Gasteiger partial charge in [-0.3, -0.25) is 0 Å². The summed E-state index contributed by atoms with van der Waals surface area (Å²) in [5.41, 5.74) is 8.60. The number of hydrogen-bond donors (Lipinski definition) is 1. The number of para-hydroxylation sites is 1. The van der Waals surface area contributed by atoms with Crippen LogP contribution in [0.3, 0.4) is 0 Å². The number of benzene rings is 2. The third kappa shape index (κ3) is 2.94. The smallest absolute Gasteiger partial charge is 0.122 e. The summed E-state index contributed by atoms with van der Waals surface area (Å²) in [5.74, 6) is 1.77. The van der Waals surface area contributed by atoms with Gasteiger partial charge in [0.25, 0.3) is 0 Å². The molecule has 20 heavy (non-hydrogen) atoms. The normalized spacial score (nSPS) is 16.8. The molecule has 3 rings (SSSR count). The SMILES string of the molecule is NC1CCc2cc(OCCOc3ccccc3)ccc21. The van der Waals surface area contributed by atoms with Crippen LogP contribution in [0, 0.1) is 0 Å². The quantitative estimate of drug-likeness (QED) is 0.848. The molecule has 1 aliphatic carbocycles. The number of hydrogen-bond acceptors (Lipinski definition) is 3. The molecule has 0 saturated carbocycles. The highest BCUT2D eigenvalue weighted by Crippen LogP contribution is 2.31. The highest BCUT2D eigenvalue weighted by molar-refractivity contribution is 5.40. The zero-order valence-electron chi connectivity index (χ0n) is 11.4. The topological polar surface area (TPSA) is 44.5 Å². The van der Waals surface area contributed by atoms with E-state index >= 15 is 0 Å². The van der Waals surface area contributed by atoms with Crippen LogP contribution in [-0.2, 0) is 6.42 Å². The molecular weight excluding hydrogens is 250 g/mol. The molecule has 0 amide bonds. The summed E-state index contributed by atoms with van der Waals surface area (Å²) in [6, 6.07) is 16.1. The van der Waals surface area contributed by atoms with E-state index in [0.717, 1.165) is 24.3 Å². The summed E-state index contributed by atoms with van der Waals surface area (Å²) in [6.07, 6.45) is 2.09. The lowest BCUT2D eigenvalue weighted by atomic mass is 10.1. The summed E-state index contributed by atoms with van der Waals surface area (Å²) >= 11 is 0. The second kappa shape index (κ2) is 5.97. The lowest BCUT2D eigenvalue weighted by molar-refractivity contribution is 0.217. The minimum Gasteiger partial charge on any atom is -0.490 e. The van der Waals surface area contributed by atoms with E-state index in [4.69, 9.17) is 15.2 Å². The largest absolute Gasteiger partial charge is 0.490 e. The van der Waals surface area contributed by atoms with E-state index in [0.29, 0.717) is 13.2 Å². The Labute approximate surface area is 119 Å². The third-order valence-electron chi connectivity index (χ3n) is 3.60. The van der Waals surface area contributed by atoms with Gasteiger partial charge in [-0.2, -0.15) is 0 Å². The van der Waals surface area contributed by atoms with Gasteiger partial charge in [0.1, 0.15) is 24.7 Å². The second-order valence-electron chi connectivity index (χ2n) is 5.02. The minimum atomic E-state index is 0.195. The van der Waals surface area contributed by atoms with Crippen LogP contribution in [0.2, 0.25) is 0 Å². The lowest BCUT2D eigenvalue weighted by Gasteiger charge is -2.10. The predicted molar refractivity (Wildman–Crippen MR) is 79.1 cm³/mol. The number of rotatable bonds is 5. The van der Waals surface area contributed by atoms with Gasteiger partial charge in [0.15, 0.2) is 0 Å². The maximum atomic E-state index is 6.02. The molecule has 0 spiro atoms. The number of aryl methyl sites for hydroxylation is 1. The van der Waals surface area contributed by atoms with E-state index in [1.54, 1.807) is 0 Å². The van der Waals surface area contributed by atoms with E-state index in [1.807, 2.05) is 36.4 Å². The van der Waals surface area contributed by atoms with Crippen molar-refractivity contribution in [1.29, 1.82) is 0 Å². The maximum absolute atomic E-state index is 6.02. The predicted octanol–water partition coefficient (Wildman–Crippen LogP) is 3.09. The molecule has 2 aromatic carbocycles. The Kier molecular flexibility index (Phi) is 3.88. The van der Waals surface area contributed by atoms with Gasteiger partial charge in [-0.05, 0) is 48.2 Å². The molecule has 1 atom stereocenters. The van der Waals surface area contributed by atoms with Gasteiger partial charge in [-0.15, -0.1) is 0 Å². The number of nitrogens with two attached hydrogens (primary N) is 1. The van der Waals surface area contributed by atoms with E-state index in [-0.39, 0.29) is 6.04 Å². The average molecular weight is 269 g/mol. The monoisotopic (exact) mass is 269 g/mol. The van der Waals surface area contributed by atoms with Crippen LogP contribution < -0.4 is 15.2 Å². The molecule has 0 fully saturated rings. The zero-order valence-corrected chi connectivity index (χ0v) is 11.4. The fourth-order valence-electron chi connectivity index (χ4n) is 2.55. The first kappa shape index (κ1) is 13.0. The summed E-state index contributed by atoms with van der Waals surface area (Å²) in [7, 11) is 0. The van der Waals surface area contributed by atoms with Crippen molar-refractivity contribution in [1.82, 2.24) is 0 Å². The van der Waals surface area contributed by atoms with Crippen LogP contribution in [0.5, 0.6) is 11.5 Å². The minimum absolute atomic E-state index is 0.195. The highest BCUT2D eigenvalue weighted by Gasteiger charge is 2.18. The molecule has 3 heteroatoms. The summed E-state index contributed by atoms with van der Waals surface area (Å²) in [4.78, 5) is 0. The van der Waals surface area contributed by atoms with Crippen LogP contribution in [0.25, 0.3) is 0 Å². The summed E-state index contributed by atoms with van der Waals surface area (Å²) < 4.78 is 11.3. The van der Waals surface area contributed by atoms with E-state index in [9.17, 15) is 0 Å². The van der Waals surface area contributed by atoms with E-state index in [2.05, 4.69) is 12.1 Å². The Hall–Kier alpha value is -2.00. The van der Waals surface area contributed by atoms with Crippen molar-refractivity contribution in [2.24, 2.45) is 5.73 Å². The van der Waals surface area contributed by atoms with E-state index < -0.39 is 0 Å². The first-order chi connectivity index (χ1) is 9.83. The molecule has 2 N–H and O–H groups in total. The van der Waals surface area contributed by atoms with Crippen LogP contribution in [-0.4, -0.2) is 13.2 Å². The standard InChI is InChI=1S/C17H19NO2/c18-17-9-6-13-12-15(7-8-16(13)17)20-11-10-19-14-4-2-1-3-5-14/h1-5,7-8,12,17H,6,9-11,18H2. The molecule has 3 nitrogen and oxygen atoms in total. The van der Waals surface area contributed by atoms with Crippen molar-refractivity contribution in [3.05, 3.63) is 59.7 Å². The summed E-state index contributed by atoms with van der Waals surface area (Å²) in [5, 5.41) is 0. The van der Waals surface area contributed by atoms with E-state index in [1.165, 1.54) is 11.1 Å². The Balaban J connectivity index is 1.50. The second-order valence-corrected chi connectivity index (χ2v) is 5.02. The number of ether oxygens (including phenoxy) is 2. The lowest BCUT2D eigenvalue weighted by Crippen LogP contribution is -2.09. The van der Waals surface area contributed by atoms with Gasteiger partial charge in [0, 0.05) is 6.04 Å². The molecule has 2 aromatic rings. The van der Waals surface area contributed by atoms with Crippen molar-refractivity contribution >= 4 is 0 Å². The Morgan fingerprint density at radius 1 is 0.950 bits per heavy atom. The molecular formula is C17H19NO2. The van der Waals surface area contributed by atoms with Gasteiger partial charge in [-0.1, -0.05) is 24.3 Å². The molecule has 0 radical (unpaired) electrons. The highest BCUT2D eigenvalue weighted by atomic mass is 16.5. The molecule has 0 saturated heterocycles. The van der Waals surface area contributed by atoms with Crippen LogP contribution >= 0.6 is 0 Å². The Morgan fingerprint density at radius 2 is 1.70 bits per heavy atom. The molecule has 0 aliphatic heterocycles. The molecule has 0 bridgehead atoms. The van der Waals surface area contributed by atoms with Crippen molar-refractivity contribution in [2.45, 2.75) is 18.9 Å². The third-order valence-corrected chi connectivity index (χ3v) is 3.60. The summed E-state index contributed by atoms with van der Waals surface area (Å²) in [6.45, 7) is 1.08. The molecule has 1 aliphatic rings. The average Bonchev–Trinajstić information content (AvgIpc) is 2.86. The van der Waals surface area contributed by atoms with Gasteiger partial charge in [0.05, 0.1) is 0 Å². The number of fused-ring (bicyclic) bond motifs is 1. The van der Waals surface area contributed by atoms with Crippen molar-refractivity contribution in [2.75, 3.05) is 13.2 Å². The van der Waals surface area contributed by atoms with Crippen molar-refractivity contribution in [3.63, 3.8) is 0 Å². The first-order valence-electron chi connectivity index (χ1n) is 7.02.